The number of hydrogen-bond donors (Lipinski definition) is 1. The zero-order valence-electron chi connectivity index (χ0n) is 18.6. The Morgan fingerprint density at radius 3 is 2.58 bits per heavy atom. The molecule has 2 aromatic carbocycles. The molecule has 1 fully saturated rings. The summed E-state index contributed by atoms with van der Waals surface area (Å²) >= 11 is 0. The molecule has 3 atom stereocenters. The molecule has 0 aliphatic carbocycles. The van der Waals surface area contributed by atoms with Crippen LogP contribution in [0, 0.1) is 16.0 Å². The molecule has 0 radical (unpaired) electrons. The fourth-order valence-electron chi connectivity index (χ4n) is 4.89. The first-order valence-electron chi connectivity index (χ1n) is 10.5. The minimum Gasteiger partial charge on any atom is -0.493 e. The molecule has 2 heterocycles. The van der Waals surface area contributed by atoms with Crippen molar-refractivity contribution in [1.82, 2.24) is 4.90 Å². The lowest BCUT2D eigenvalue weighted by atomic mass is 9.73. The van der Waals surface area contributed by atoms with E-state index in [2.05, 4.69) is 0 Å². The molecule has 2 amide bonds. The average molecular weight is 455 g/mol. The summed E-state index contributed by atoms with van der Waals surface area (Å²) < 4.78 is 16.7. The smallest absolute Gasteiger partial charge is 0.276 e. The van der Waals surface area contributed by atoms with E-state index < -0.39 is 34.3 Å². The molecule has 2 aromatic rings. The molecule has 10 nitrogen and oxygen atoms in total. The second-order valence-corrected chi connectivity index (χ2v) is 8.34. The van der Waals surface area contributed by atoms with Crippen LogP contribution in [0.2, 0.25) is 0 Å². The molecule has 0 aromatic heterocycles. The monoisotopic (exact) mass is 455 g/mol. The van der Waals surface area contributed by atoms with E-state index in [9.17, 15) is 19.7 Å². The van der Waals surface area contributed by atoms with Gasteiger partial charge in [0.1, 0.15) is 11.7 Å². The highest BCUT2D eigenvalue weighted by atomic mass is 16.6. The molecule has 2 N–H and O–H groups in total. The zero-order chi connectivity index (χ0) is 23.9. The van der Waals surface area contributed by atoms with Crippen LogP contribution in [0.25, 0.3) is 0 Å². The van der Waals surface area contributed by atoms with Gasteiger partial charge in [-0.25, -0.2) is 0 Å². The van der Waals surface area contributed by atoms with Gasteiger partial charge < -0.3 is 24.8 Å². The summed E-state index contributed by atoms with van der Waals surface area (Å²) in [5.74, 6) is -1.41. The second kappa shape index (κ2) is 8.27. The Hall–Kier alpha value is -3.82. The Morgan fingerprint density at radius 2 is 1.94 bits per heavy atom. The highest BCUT2D eigenvalue weighted by Crippen LogP contribution is 2.50. The number of rotatable bonds is 7. The fraction of sp³-hybridized carbons (Fsp3) is 0.391. The van der Waals surface area contributed by atoms with Crippen molar-refractivity contribution in [2.75, 3.05) is 20.8 Å². The number of primary amides is 1. The number of carbonyl (C=O) groups excluding carboxylic acids is 2. The quantitative estimate of drug-likeness (QED) is 0.385. The van der Waals surface area contributed by atoms with Gasteiger partial charge in [0.15, 0.2) is 17.2 Å². The number of carbonyl (C=O) groups is 2. The van der Waals surface area contributed by atoms with Crippen LogP contribution in [0.15, 0.2) is 36.4 Å². The largest absolute Gasteiger partial charge is 0.493 e. The lowest BCUT2D eigenvalue weighted by Crippen LogP contribution is -2.64. The number of para-hydroxylation sites is 1. The molecule has 1 saturated heterocycles. The van der Waals surface area contributed by atoms with Crippen LogP contribution in [-0.2, 0) is 16.0 Å². The fourth-order valence-corrected chi connectivity index (χ4v) is 4.89. The standard InChI is InChI=1S/C23H25N3O7/c1-23-12-15(14-6-4-5-7-17(14)33-23)20(21(24)27)22(28)25(23)9-8-13-10-18(31-2)19(32-3)11-16(13)26(29)30/h4-7,10-11,15,20H,8-9,12H2,1-3H3,(H2,24,27)/t15-,20+,23+/m0/s1. The van der Waals surface area contributed by atoms with Gasteiger partial charge in [0.05, 0.1) is 25.2 Å². The molecule has 0 unspecified atom stereocenters. The highest BCUT2D eigenvalue weighted by molar-refractivity contribution is 6.01. The van der Waals surface area contributed by atoms with E-state index in [0.29, 0.717) is 23.5 Å². The molecule has 2 bridgehead atoms. The molecule has 0 spiro atoms. The lowest BCUT2D eigenvalue weighted by molar-refractivity contribution is -0.385. The van der Waals surface area contributed by atoms with Crippen LogP contribution in [0.5, 0.6) is 17.2 Å². The van der Waals surface area contributed by atoms with Crippen molar-refractivity contribution < 1.29 is 28.7 Å². The van der Waals surface area contributed by atoms with Gasteiger partial charge >= 0.3 is 0 Å². The number of piperidine rings is 1. The number of benzene rings is 2. The van der Waals surface area contributed by atoms with Gasteiger partial charge in [0.25, 0.3) is 5.69 Å². The molecular formula is C23H25N3O7. The molecule has 0 saturated carbocycles. The second-order valence-electron chi connectivity index (χ2n) is 8.34. The van der Waals surface area contributed by atoms with Crippen LogP contribution < -0.4 is 19.9 Å². The highest BCUT2D eigenvalue weighted by Gasteiger charge is 2.55. The minimum atomic E-state index is -1.04. The first-order valence-corrected chi connectivity index (χ1v) is 10.5. The van der Waals surface area contributed by atoms with Gasteiger partial charge in [-0.1, -0.05) is 18.2 Å². The maximum atomic E-state index is 13.4. The number of nitrogens with zero attached hydrogens (tertiary/aromatic N) is 2. The number of methoxy groups -OCH3 is 2. The summed E-state index contributed by atoms with van der Waals surface area (Å²) in [6.07, 6.45) is 0.524. The van der Waals surface area contributed by atoms with E-state index in [1.807, 2.05) is 18.2 Å². The zero-order valence-corrected chi connectivity index (χ0v) is 18.6. The predicted molar refractivity (Wildman–Crippen MR) is 117 cm³/mol. The van der Waals surface area contributed by atoms with Crippen LogP contribution in [0.3, 0.4) is 0 Å². The van der Waals surface area contributed by atoms with Crippen molar-refractivity contribution in [2.24, 2.45) is 11.7 Å². The lowest BCUT2D eigenvalue weighted by Gasteiger charge is -2.52. The van der Waals surface area contributed by atoms with Gasteiger partial charge in [0, 0.05) is 24.4 Å². The van der Waals surface area contributed by atoms with Crippen molar-refractivity contribution in [1.29, 1.82) is 0 Å². The normalized spacial score (nSPS) is 23.4. The molecular weight excluding hydrogens is 430 g/mol. The first kappa shape index (κ1) is 22.4. The van der Waals surface area contributed by atoms with E-state index in [4.69, 9.17) is 19.9 Å². The molecule has 2 aliphatic rings. The summed E-state index contributed by atoms with van der Waals surface area (Å²) in [6.45, 7) is 1.87. The first-order chi connectivity index (χ1) is 15.7. The maximum Gasteiger partial charge on any atom is 0.276 e. The van der Waals surface area contributed by atoms with Crippen molar-refractivity contribution in [2.45, 2.75) is 31.4 Å². The Kier molecular flexibility index (Phi) is 5.61. The van der Waals surface area contributed by atoms with Crippen molar-refractivity contribution in [3.05, 3.63) is 57.6 Å². The molecule has 4 rings (SSSR count). The summed E-state index contributed by atoms with van der Waals surface area (Å²) in [6, 6.07) is 10.1. The van der Waals surface area contributed by atoms with Gasteiger partial charge in [-0.3, -0.25) is 19.7 Å². The Morgan fingerprint density at radius 1 is 1.27 bits per heavy atom. The van der Waals surface area contributed by atoms with Crippen LogP contribution in [0.4, 0.5) is 5.69 Å². The van der Waals surface area contributed by atoms with E-state index in [0.717, 1.165) is 5.56 Å². The van der Waals surface area contributed by atoms with Gasteiger partial charge in [-0.2, -0.15) is 0 Å². The third-order valence-corrected chi connectivity index (χ3v) is 6.45. The third kappa shape index (κ3) is 3.71. The van der Waals surface area contributed by atoms with E-state index in [-0.39, 0.29) is 24.4 Å². The molecule has 10 heteroatoms. The number of nitro benzene ring substituents is 1. The van der Waals surface area contributed by atoms with Crippen molar-refractivity contribution in [3.8, 4) is 17.2 Å². The van der Waals surface area contributed by atoms with E-state index in [1.54, 1.807) is 13.0 Å². The summed E-state index contributed by atoms with van der Waals surface area (Å²) in [7, 11) is 2.83. The number of likely N-dealkylation sites (tertiary alicyclic amines) is 1. The maximum absolute atomic E-state index is 13.4. The number of amides is 2. The van der Waals surface area contributed by atoms with Gasteiger partial charge in [0.2, 0.25) is 11.8 Å². The van der Waals surface area contributed by atoms with Crippen LogP contribution in [0.1, 0.15) is 30.4 Å². The van der Waals surface area contributed by atoms with Gasteiger partial charge in [-0.05, 0) is 31.0 Å². The van der Waals surface area contributed by atoms with E-state index >= 15 is 0 Å². The van der Waals surface area contributed by atoms with Crippen molar-refractivity contribution in [3.63, 3.8) is 0 Å². The Balaban J connectivity index is 1.70. The summed E-state index contributed by atoms with van der Waals surface area (Å²) in [5, 5.41) is 11.7. The molecule has 2 aliphatic heterocycles. The van der Waals surface area contributed by atoms with Gasteiger partial charge in [-0.15, -0.1) is 0 Å². The minimum absolute atomic E-state index is 0.0876. The molecule has 174 valence electrons. The summed E-state index contributed by atoms with van der Waals surface area (Å²) in [5.41, 5.74) is 5.62. The summed E-state index contributed by atoms with van der Waals surface area (Å²) in [4.78, 5) is 38.4. The van der Waals surface area contributed by atoms with E-state index in [1.165, 1.54) is 31.3 Å². The predicted octanol–water partition coefficient (Wildman–Crippen LogP) is 2.38. The number of nitro groups is 1. The Labute approximate surface area is 190 Å². The number of hydrogen-bond acceptors (Lipinski definition) is 7. The van der Waals surface area contributed by atoms with Crippen LogP contribution in [-0.4, -0.2) is 48.1 Å². The van der Waals surface area contributed by atoms with Crippen LogP contribution >= 0.6 is 0 Å². The number of nitrogens with two attached hydrogens (primary N) is 1. The SMILES string of the molecule is COc1cc(CCN2C(=O)[C@@H](C(N)=O)[C@H]3C[C@@]2(C)Oc2ccccc23)c([N+](=O)[O-])cc1OC. The van der Waals surface area contributed by atoms with Crippen molar-refractivity contribution >= 4 is 17.5 Å². The topological polar surface area (TPSA) is 134 Å². The number of fused-ring (bicyclic) bond motifs is 4. The third-order valence-electron chi connectivity index (χ3n) is 6.45. The Bertz CT molecular complexity index is 1140. The average Bonchev–Trinajstić information content (AvgIpc) is 2.77. The molecule has 33 heavy (non-hydrogen) atoms. The number of ether oxygens (including phenoxy) is 3.